The first-order chi connectivity index (χ1) is 19.4. The van der Waals surface area contributed by atoms with E-state index in [9.17, 15) is 9.18 Å². The smallest absolute Gasteiger partial charge is 0.318 e. The maximum atomic E-state index is 14.0. The Hall–Kier alpha value is -4.85. The van der Waals surface area contributed by atoms with Gasteiger partial charge in [-0.25, -0.2) is 13.9 Å². The number of carbonyl (C=O) groups excluding carboxylic acids is 1. The minimum absolute atomic E-state index is 0.210. The number of anilines is 1. The Kier molecular flexibility index (Phi) is 6.59. The highest BCUT2D eigenvalue weighted by molar-refractivity contribution is 5.76. The summed E-state index contributed by atoms with van der Waals surface area (Å²) >= 11 is 0. The van der Waals surface area contributed by atoms with Crippen molar-refractivity contribution in [3.63, 3.8) is 0 Å². The fourth-order valence-corrected chi connectivity index (χ4v) is 5.34. The van der Waals surface area contributed by atoms with Gasteiger partial charge in [0.2, 0.25) is 0 Å². The molecule has 0 fully saturated rings. The third-order valence-corrected chi connectivity index (χ3v) is 7.43. The van der Waals surface area contributed by atoms with Crippen LogP contribution in [0.25, 0.3) is 11.5 Å². The van der Waals surface area contributed by atoms with Crippen LogP contribution in [0.5, 0.6) is 0 Å². The van der Waals surface area contributed by atoms with Crippen LogP contribution in [0.15, 0.2) is 97.2 Å². The van der Waals surface area contributed by atoms with E-state index in [-0.39, 0.29) is 24.4 Å². The number of urea groups is 1. The largest absolute Gasteiger partial charge is 0.378 e. The molecule has 0 unspecified atom stereocenters. The molecule has 0 saturated heterocycles. The number of aryl methyl sites for hydroxylation is 1. The third-order valence-electron chi connectivity index (χ3n) is 7.43. The average Bonchev–Trinajstić information content (AvgIpc) is 3.53. The molecule has 3 heterocycles. The van der Waals surface area contributed by atoms with E-state index >= 15 is 0 Å². The van der Waals surface area contributed by atoms with Crippen molar-refractivity contribution in [2.24, 2.45) is 0 Å². The first kappa shape index (κ1) is 25.4. The van der Waals surface area contributed by atoms with Crippen molar-refractivity contribution >= 4 is 11.7 Å². The minimum Gasteiger partial charge on any atom is -0.378 e. The number of carbonyl (C=O) groups is 1. The second-order valence-electron chi connectivity index (χ2n) is 10.2. The van der Waals surface area contributed by atoms with Gasteiger partial charge >= 0.3 is 6.03 Å². The van der Waals surface area contributed by atoms with Gasteiger partial charge in [0, 0.05) is 38.1 Å². The molecule has 1 atom stereocenters. The maximum absolute atomic E-state index is 14.0. The molecule has 0 spiro atoms. The standard InChI is InChI=1S/C32H31FN6O/c1-22-28-21-38(32(40)34-20-23-11-15-25(33)16-12-23)30(24-13-17-26(18-14-24)36(2)3)29-10-7-19-37(29)31(28)39(35-22)27-8-5-4-6-9-27/h4-19,30H,20-21H2,1-3H3,(H,34,40)/t30-/m0/s1. The zero-order chi connectivity index (χ0) is 27.8. The van der Waals surface area contributed by atoms with Crippen LogP contribution in [-0.2, 0) is 13.1 Å². The van der Waals surface area contributed by atoms with E-state index in [4.69, 9.17) is 5.10 Å². The molecule has 6 rings (SSSR count). The second kappa shape index (κ2) is 10.4. The maximum Gasteiger partial charge on any atom is 0.318 e. The summed E-state index contributed by atoms with van der Waals surface area (Å²) in [4.78, 5) is 17.9. The number of nitrogens with zero attached hydrogens (tertiary/aromatic N) is 5. The summed E-state index contributed by atoms with van der Waals surface area (Å²) in [6, 6.07) is 28.1. The minimum atomic E-state index is -0.351. The number of aromatic nitrogens is 3. The predicted octanol–water partition coefficient (Wildman–Crippen LogP) is 5.99. The Morgan fingerprint density at radius 1 is 0.975 bits per heavy atom. The van der Waals surface area contributed by atoms with Crippen LogP contribution >= 0.6 is 0 Å². The summed E-state index contributed by atoms with van der Waals surface area (Å²) in [7, 11) is 4.02. The summed E-state index contributed by atoms with van der Waals surface area (Å²) in [5.74, 6) is 0.621. The highest BCUT2D eigenvalue weighted by Gasteiger charge is 2.36. The lowest BCUT2D eigenvalue weighted by Crippen LogP contribution is -2.41. The lowest BCUT2D eigenvalue weighted by atomic mass is 10.0. The highest BCUT2D eigenvalue weighted by atomic mass is 19.1. The molecule has 202 valence electrons. The van der Waals surface area contributed by atoms with Crippen molar-refractivity contribution in [1.82, 2.24) is 24.6 Å². The Bertz CT molecular complexity index is 1640. The van der Waals surface area contributed by atoms with Gasteiger partial charge in [-0.1, -0.05) is 42.5 Å². The topological polar surface area (TPSA) is 58.3 Å². The van der Waals surface area contributed by atoms with Gasteiger partial charge in [-0.3, -0.25) is 0 Å². The first-order valence-corrected chi connectivity index (χ1v) is 13.3. The number of para-hydroxylation sites is 1. The van der Waals surface area contributed by atoms with Crippen molar-refractivity contribution in [3.05, 3.63) is 131 Å². The molecular formula is C32H31FN6O. The van der Waals surface area contributed by atoms with Gasteiger partial charge < -0.3 is 19.7 Å². The lowest BCUT2D eigenvalue weighted by Gasteiger charge is -2.31. The molecule has 0 aliphatic carbocycles. The number of amides is 2. The van der Waals surface area contributed by atoms with Gasteiger partial charge in [0.25, 0.3) is 0 Å². The quantitative estimate of drug-likeness (QED) is 0.301. The van der Waals surface area contributed by atoms with E-state index in [1.807, 2.05) is 73.2 Å². The Morgan fingerprint density at radius 2 is 1.70 bits per heavy atom. The van der Waals surface area contributed by atoms with Crippen molar-refractivity contribution in [1.29, 1.82) is 0 Å². The molecule has 0 radical (unpaired) electrons. The highest BCUT2D eigenvalue weighted by Crippen LogP contribution is 2.38. The van der Waals surface area contributed by atoms with Crippen LogP contribution in [0.4, 0.5) is 14.9 Å². The summed E-state index contributed by atoms with van der Waals surface area (Å²) in [5, 5.41) is 7.98. The molecule has 0 saturated carbocycles. The van der Waals surface area contributed by atoms with Crippen molar-refractivity contribution in [2.75, 3.05) is 19.0 Å². The van der Waals surface area contributed by atoms with E-state index in [0.29, 0.717) is 6.54 Å². The molecule has 0 bridgehead atoms. The number of nitrogens with one attached hydrogen (secondary N) is 1. The SMILES string of the molecule is Cc1nn(-c2ccccc2)c2c1CN(C(=O)NCc1ccc(F)cc1)[C@@H](c1ccc(N(C)C)cc1)c1cccn1-2. The fraction of sp³-hybridized carbons (Fsp3) is 0.188. The fourth-order valence-electron chi connectivity index (χ4n) is 5.34. The van der Waals surface area contributed by atoms with Gasteiger partial charge in [-0.05, 0) is 66.6 Å². The molecule has 1 aliphatic heterocycles. The predicted molar refractivity (Wildman–Crippen MR) is 154 cm³/mol. The first-order valence-electron chi connectivity index (χ1n) is 13.3. The zero-order valence-corrected chi connectivity index (χ0v) is 22.8. The van der Waals surface area contributed by atoms with Gasteiger partial charge in [-0.15, -0.1) is 0 Å². The van der Waals surface area contributed by atoms with Crippen LogP contribution in [0, 0.1) is 12.7 Å². The molecule has 1 aliphatic rings. The molecule has 1 N–H and O–H groups in total. The van der Waals surface area contributed by atoms with E-state index in [0.717, 1.165) is 45.3 Å². The van der Waals surface area contributed by atoms with Crippen LogP contribution in [0.1, 0.15) is 34.1 Å². The van der Waals surface area contributed by atoms with Crippen LogP contribution in [0.3, 0.4) is 0 Å². The van der Waals surface area contributed by atoms with Gasteiger partial charge in [0.05, 0.1) is 29.7 Å². The second-order valence-corrected chi connectivity index (χ2v) is 10.2. The van der Waals surface area contributed by atoms with Crippen LogP contribution in [0.2, 0.25) is 0 Å². The molecule has 2 aromatic heterocycles. The third kappa shape index (κ3) is 4.62. The van der Waals surface area contributed by atoms with Crippen molar-refractivity contribution in [2.45, 2.75) is 26.1 Å². The monoisotopic (exact) mass is 534 g/mol. The summed E-state index contributed by atoms with van der Waals surface area (Å²) in [6.07, 6.45) is 2.04. The van der Waals surface area contributed by atoms with Gasteiger partial charge in [0.15, 0.2) is 0 Å². The zero-order valence-electron chi connectivity index (χ0n) is 22.8. The molecule has 8 heteroatoms. The molecule has 2 amide bonds. The number of rotatable bonds is 5. The van der Waals surface area contributed by atoms with Crippen LogP contribution in [-0.4, -0.2) is 39.4 Å². The Balaban J connectivity index is 1.46. The summed E-state index contributed by atoms with van der Waals surface area (Å²) < 4.78 is 17.6. The molecule has 7 nitrogen and oxygen atoms in total. The average molecular weight is 535 g/mol. The normalized spacial score (nSPS) is 14.3. The number of hydrogen-bond acceptors (Lipinski definition) is 3. The molecule has 3 aromatic carbocycles. The Labute approximate surface area is 233 Å². The molecular weight excluding hydrogens is 503 g/mol. The van der Waals surface area contributed by atoms with E-state index < -0.39 is 0 Å². The van der Waals surface area contributed by atoms with E-state index in [1.165, 1.54) is 12.1 Å². The summed E-state index contributed by atoms with van der Waals surface area (Å²) in [5.41, 5.74) is 6.67. The molecule has 5 aromatic rings. The Morgan fingerprint density at radius 3 is 2.40 bits per heavy atom. The number of benzene rings is 3. The number of fused-ring (bicyclic) bond motifs is 3. The number of halogens is 1. The van der Waals surface area contributed by atoms with Gasteiger partial charge in [-0.2, -0.15) is 5.10 Å². The number of hydrogen-bond donors (Lipinski definition) is 1. The van der Waals surface area contributed by atoms with Crippen LogP contribution < -0.4 is 10.2 Å². The van der Waals surface area contributed by atoms with Crippen molar-refractivity contribution in [3.8, 4) is 11.5 Å². The molecule has 40 heavy (non-hydrogen) atoms. The lowest BCUT2D eigenvalue weighted by molar-refractivity contribution is 0.180. The summed E-state index contributed by atoms with van der Waals surface area (Å²) in [6.45, 7) is 2.64. The van der Waals surface area contributed by atoms with Gasteiger partial charge in [0.1, 0.15) is 11.6 Å². The van der Waals surface area contributed by atoms with Crippen molar-refractivity contribution < 1.29 is 9.18 Å². The van der Waals surface area contributed by atoms with E-state index in [1.54, 1.807) is 12.1 Å². The van der Waals surface area contributed by atoms with E-state index in [2.05, 4.69) is 45.1 Å².